The second kappa shape index (κ2) is 12.0. The van der Waals surface area contributed by atoms with Gasteiger partial charge in [-0.1, -0.05) is 47.8 Å². The van der Waals surface area contributed by atoms with E-state index in [1.807, 2.05) is 36.4 Å². The van der Waals surface area contributed by atoms with Crippen LogP contribution in [0.25, 0.3) is 23.7 Å². The first-order chi connectivity index (χ1) is 20.8. The number of benzene rings is 4. The van der Waals surface area contributed by atoms with Crippen LogP contribution < -0.4 is 23.8 Å². The van der Waals surface area contributed by atoms with Gasteiger partial charge in [0.2, 0.25) is 0 Å². The van der Waals surface area contributed by atoms with Crippen molar-refractivity contribution in [3.05, 3.63) is 95.1 Å². The third kappa shape index (κ3) is 5.84. The van der Waals surface area contributed by atoms with Gasteiger partial charge in [-0.3, -0.25) is 0 Å². The van der Waals surface area contributed by atoms with E-state index in [9.17, 15) is 9.46 Å². The summed E-state index contributed by atoms with van der Waals surface area (Å²) in [6.45, 7) is 0. The van der Waals surface area contributed by atoms with Crippen molar-refractivity contribution < 1.29 is 37.5 Å². The summed E-state index contributed by atoms with van der Waals surface area (Å²) in [5, 5.41) is 0. The van der Waals surface area contributed by atoms with Crippen molar-refractivity contribution >= 4 is 55.0 Å². The highest BCUT2D eigenvalue weighted by Gasteiger charge is 2.28. The standard InChI is InChI=1S/C32H27O8PS2/c1-35-21-13-11-19-15-27(23-7-5-9-25(37-3)31(23)42-29(19)17-21)39-41(33,34)40-28-16-20-12-14-22(36-2)18-30(20)43-32-24(28)8-6-10-26(32)38-4/h5-18H,1-4H3,(H,33,34)/p-1. The summed E-state index contributed by atoms with van der Waals surface area (Å²) in [4.78, 5) is 16.8. The minimum Gasteiger partial charge on any atom is -0.736 e. The Morgan fingerprint density at radius 1 is 0.605 bits per heavy atom. The second-order valence-electron chi connectivity index (χ2n) is 9.33. The maximum atomic E-state index is 13.7. The minimum atomic E-state index is -5.02. The Hall–Kier alpha value is -3.95. The van der Waals surface area contributed by atoms with E-state index in [1.165, 1.54) is 23.5 Å². The van der Waals surface area contributed by atoms with Gasteiger partial charge in [-0.2, -0.15) is 0 Å². The van der Waals surface area contributed by atoms with Crippen LogP contribution in [0.5, 0.6) is 23.0 Å². The Kier molecular flexibility index (Phi) is 8.11. The van der Waals surface area contributed by atoms with Crippen molar-refractivity contribution in [2.24, 2.45) is 0 Å². The molecule has 4 aromatic rings. The Morgan fingerprint density at radius 2 is 1.05 bits per heavy atom. The second-order valence-corrected chi connectivity index (χ2v) is 12.7. The van der Waals surface area contributed by atoms with Gasteiger partial charge in [0.25, 0.3) is 0 Å². The van der Waals surface area contributed by atoms with Gasteiger partial charge < -0.3 is 32.9 Å². The van der Waals surface area contributed by atoms with Gasteiger partial charge in [0.1, 0.15) is 34.5 Å². The summed E-state index contributed by atoms with van der Waals surface area (Å²) in [6, 6.07) is 21.8. The first-order valence-electron chi connectivity index (χ1n) is 13.0. The summed E-state index contributed by atoms with van der Waals surface area (Å²) in [5.41, 5.74) is 2.59. The molecule has 11 heteroatoms. The molecule has 0 aliphatic carbocycles. The van der Waals surface area contributed by atoms with E-state index in [1.54, 1.807) is 77.0 Å². The largest absolute Gasteiger partial charge is 0.736 e. The van der Waals surface area contributed by atoms with E-state index in [0.717, 1.165) is 20.9 Å². The van der Waals surface area contributed by atoms with E-state index in [4.69, 9.17) is 28.0 Å². The third-order valence-corrected chi connectivity index (χ3v) is 10.0. The van der Waals surface area contributed by atoms with Crippen LogP contribution in [0.15, 0.2) is 92.4 Å². The van der Waals surface area contributed by atoms with Crippen molar-refractivity contribution in [2.75, 3.05) is 28.4 Å². The Labute approximate surface area is 257 Å². The molecule has 0 amide bonds. The van der Waals surface area contributed by atoms with Gasteiger partial charge >= 0.3 is 7.82 Å². The normalized spacial score (nSPS) is 13.4. The van der Waals surface area contributed by atoms with Crippen molar-refractivity contribution in [1.29, 1.82) is 0 Å². The van der Waals surface area contributed by atoms with Crippen LogP contribution in [0.3, 0.4) is 0 Å². The SMILES string of the molecule is COc1ccc2c(c1)Sc1c(OC)cccc1C(OP(=O)([O-])OC1=Cc3ccc(OC)cc3Sc3c(OC)cccc31)=C2. The average molecular weight is 634 g/mol. The molecular formula is C32H26O8PS2-. The number of hydrogen-bond acceptors (Lipinski definition) is 10. The molecule has 0 N–H and O–H groups in total. The van der Waals surface area contributed by atoms with Crippen LogP contribution >= 0.6 is 31.3 Å². The molecule has 0 saturated carbocycles. The van der Waals surface area contributed by atoms with Crippen molar-refractivity contribution in [3.8, 4) is 23.0 Å². The molecule has 2 heterocycles. The lowest BCUT2D eigenvalue weighted by molar-refractivity contribution is -0.213. The number of phosphoric ester groups is 1. The van der Waals surface area contributed by atoms with Crippen LogP contribution in [0.1, 0.15) is 22.3 Å². The quantitative estimate of drug-likeness (QED) is 0.179. The van der Waals surface area contributed by atoms with Gasteiger partial charge in [0.15, 0.2) is 0 Å². The molecule has 0 aromatic heterocycles. The van der Waals surface area contributed by atoms with Crippen LogP contribution in [0.4, 0.5) is 0 Å². The van der Waals surface area contributed by atoms with Crippen LogP contribution in [0.2, 0.25) is 0 Å². The number of fused-ring (bicyclic) bond motifs is 4. The van der Waals surface area contributed by atoms with Gasteiger partial charge in [0, 0.05) is 20.9 Å². The van der Waals surface area contributed by atoms with E-state index < -0.39 is 7.82 Å². The molecule has 8 nitrogen and oxygen atoms in total. The number of hydrogen-bond donors (Lipinski definition) is 0. The fourth-order valence-corrected chi connectivity index (χ4v) is 7.88. The predicted octanol–water partition coefficient (Wildman–Crippen LogP) is 7.85. The van der Waals surface area contributed by atoms with Crippen LogP contribution in [-0.4, -0.2) is 28.4 Å². The fraction of sp³-hybridized carbons (Fsp3) is 0.125. The topological polar surface area (TPSA) is 95.5 Å². The summed E-state index contributed by atoms with van der Waals surface area (Å²) >= 11 is 2.87. The Bertz CT molecular complexity index is 1710. The minimum absolute atomic E-state index is 0.100. The van der Waals surface area contributed by atoms with E-state index in [2.05, 4.69) is 0 Å². The molecule has 0 atom stereocenters. The van der Waals surface area contributed by atoms with Crippen LogP contribution in [0, 0.1) is 0 Å². The lowest BCUT2D eigenvalue weighted by Gasteiger charge is -2.27. The molecule has 0 unspecified atom stereocenters. The smallest absolute Gasteiger partial charge is 0.372 e. The van der Waals surface area contributed by atoms with Crippen molar-refractivity contribution in [2.45, 2.75) is 19.6 Å². The molecule has 0 radical (unpaired) electrons. The van der Waals surface area contributed by atoms with Crippen molar-refractivity contribution in [1.82, 2.24) is 0 Å². The number of methoxy groups -OCH3 is 4. The monoisotopic (exact) mass is 633 g/mol. The molecule has 220 valence electrons. The maximum absolute atomic E-state index is 13.7. The molecule has 2 aliphatic heterocycles. The van der Waals surface area contributed by atoms with E-state index in [0.29, 0.717) is 43.9 Å². The van der Waals surface area contributed by atoms with Gasteiger partial charge in [0.05, 0.1) is 38.2 Å². The summed E-state index contributed by atoms with van der Waals surface area (Å²) in [6.07, 6.45) is 3.35. The summed E-state index contributed by atoms with van der Waals surface area (Å²) in [7, 11) is 1.30. The number of ether oxygens (including phenoxy) is 4. The number of rotatable bonds is 8. The zero-order valence-corrected chi connectivity index (χ0v) is 26.1. The van der Waals surface area contributed by atoms with Gasteiger partial charge in [-0.15, -0.1) is 0 Å². The zero-order chi connectivity index (χ0) is 30.1. The Balaban J connectivity index is 1.43. The lowest BCUT2D eigenvalue weighted by Crippen LogP contribution is -2.08. The summed E-state index contributed by atoms with van der Waals surface area (Å²) in [5.74, 6) is 2.69. The molecule has 6 rings (SSSR count). The highest BCUT2D eigenvalue weighted by Crippen LogP contribution is 2.55. The van der Waals surface area contributed by atoms with Crippen molar-refractivity contribution in [3.63, 3.8) is 0 Å². The molecule has 0 saturated heterocycles. The molecule has 43 heavy (non-hydrogen) atoms. The predicted molar refractivity (Wildman–Crippen MR) is 166 cm³/mol. The molecule has 2 aliphatic rings. The van der Waals surface area contributed by atoms with Gasteiger partial charge in [-0.25, -0.2) is 4.57 Å². The zero-order valence-electron chi connectivity index (χ0n) is 23.6. The number of phosphoric acid groups is 1. The molecule has 4 aromatic carbocycles. The molecule has 0 spiro atoms. The van der Waals surface area contributed by atoms with E-state index in [-0.39, 0.29) is 11.5 Å². The first kappa shape index (κ1) is 29.1. The van der Waals surface area contributed by atoms with Crippen LogP contribution in [-0.2, 0) is 13.6 Å². The molecular weight excluding hydrogens is 607 g/mol. The third-order valence-electron chi connectivity index (χ3n) is 6.79. The van der Waals surface area contributed by atoms with Gasteiger partial charge in [-0.05, 0) is 71.8 Å². The van der Waals surface area contributed by atoms with E-state index >= 15 is 0 Å². The highest BCUT2D eigenvalue weighted by atomic mass is 32.2. The lowest BCUT2D eigenvalue weighted by atomic mass is 10.1. The average Bonchev–Trinajstić information content (AvgIpc) is 3.26. The molecule has 0 fully saturated rings. The fourth-order valence-electron chi connectivity index (χ4n) is 4.72. The Morgan fingerprint density at radius 3 is 1.44 bits per heavy atom. The first-order valence-corrected chi connectivity index (χ1v) is 16.1. The summed E-state index contributed by atoms with van der Waals surface area (Å²) < 4.78 is 47.4. The highest BCUT2D eigenvalue weighted by molar-refractivity contribution is 8.00. The maximum Gasteiger partial charge on any atom is 0.372 e. The molecule has 0 bridgehead atoms.